The van der Waals surface area contributed by atoms with Crippen LogP contribution in [0.5, 0.6) is 5.75 Å². The lowest BCUT2D eigenvalue weighted by molar-refractivity contribution is -0.149. The summed E-state index contributed by atoms with van der Waals surface area (Å²) in [6.45, 7) is 4.72. The second-order valence-corrected chi connectivity index (χ2v) is 6.99. The summed E-state index contributed by atoms with van der Waals surface area (Å²) in [5.41, 5.74) is 1.50. The predicted molar refractivity (Wildman–Crippen MR) is 105 cm³/mol. The fourth-order valence-corrected chi connectivity index (χ4v) is 3.29. The molecule has 1 aliphatic rings. The minimum Gasteiger partial charge on any atom is -0.487 e. The Balaban J connectivity index is 1.59. The third-order valence-electron chi connectivity index (χ3n) is 4.81. The fraction of sp³-hybridized carbons (Fsp3) is 0.429. The normalized spacial score (nSPS) is 16.3. The third kappa shape index (κ3) is 5.22. The van der Waals surface area contributed by atoms with Gasteiger partial charge in [-0.1, -0.05) is 12.1 Å². The summed E-state index contributed by atoms with van der Waals surface area (Å²) in [6.07, 6.45) is 1.48. The number of esters is 1. The third-order valence-corrected chi connectivity index (χ3v) is 4.81. The second-order valence-electron chi connectivity index (χ2n) is 6.99. The van der Waals surface area contributed by atoms with E-state index in [0.29, 0.717) is 36.7 Å². The van der Waals surface area contributed by atoms with Crippen LogP contribution < -0.4 is 4.74 Å². The Morgan fingerprint density at radius 3 is 2.86 bits per heavy atom. The standard InChI is InChI=1S/C21H25N3O5/c1-3-28-21(27)16-7-5-9-24(12-16)20(26)19-11-17(22-23-19)13-29-18-8-4-6-15(10-18)14(2)25/h4,6,8,10-11,16H,3,5,7,9,12-13H2,1-2H3,(H,22,23). The van der Waals surface area contributed by atoms with Gasteiger partial charge in [0.15, 0.2) is 11.5 Å². The van der Waals surface area contributed by atoms with Gasteiger partial charge in [0.25, 0.3) is 5.91 Å². The highest BCUT2D eigenvalue weighted by molar-refractivity contribution is 5.94. The van der Waals surface area contributed by atoms with E-state index in [-0.39, 0.29) is 35.9 Å². The van der Waals surface area contributed by atoms with E-state index in [0.717, 1.165) is 12.8 Å². The molecule has 2 aromatic rings. The van der Waals surface area contributed by atoms with E-state index in [1.807, 2.05) is 0 Å². The maximum Gasteiger partial charge on any atom is 0.310 e. The van der Waals surface area contributed by atoms with Gasteiger partial charge in [-0.25, -0.2) is 0 Å². The van der Waals surface area contributed by atoms with Gasteiger partial charge in [-0.3, -0.25) is 19.5 Å². The largest absolute Gasteiger partial charge is 0.487 e. The van der Waals surface area contributed by atoms with Crippen LogP contribution in [-0.2, 0) is 16.1 Å². The van der Waals surface area contributed by atoms with Gasteiger partial charge in [-0.05, 0) is 44.9 Å². The van der Waals surface area contributed by atoms with Crippen molar-refractivity contribution in [1.82, 2.24) is 15.1 Å². The Hall–Kier alpha value is -3.16. The van der Waals surface area contributed by atoms with Crippen molar-refractivity contribution in [2.45, 2.75) is 33.3 Å². The first-order chi connectivity index (χ1) is 14.0. The lowest BCUT2D eigenvalue weighted by atomic mass is 9.98. The molecule has 0 aliphatic carbocycles. The Labute approximate surface area is 169 Å². The smallest absolute Gasteiger partial charge is 0.310 e. The van der Waals surface area contributed by atoms with Crippen molar-refractivity contribution in [3.63, 3.8) is 0 Å². The summed E-state index contributed by atoms with van der Waals surface area (Å²) in [4.78, 5) is 37.8. The molecule has 1 aromatic heterocycles. The molecule has 1 fully saturated rings. The predicted octanol–water partition coefficient (Wildman–Crippen LogP) is 2.61. The number of Topliss-reactive ketones (excluding diaryl/α,β-unsaturated/α-hetero) is 1. The molecule has 0 spiro atoms. The molecule has 1 saturated heterocycles. The lowest BCUT2D eigenvalue weighted by Crippen LogP contribution is -2.43. The van der Waals surface area contributed by atoms with E-state index >= 15 is 0 Å². The quantitative estimate of drug-likeness (QED) is 0.567. The molecule has 8 heteroatoms. The minimum atomic E-state index is -0.289. The molecule has 154 valence electrons. The Bertz CT molecular complexity index is 892. The summed E-state index contributed by atoms with van der Waals surface area (Å²) in [6, 6.07) is 8.56. The highest BCUT2D eigenvalue weighted by atomic mass is 16.5. The van der Waals surface area contributed by atoms with Crippen LogP contribution in [0.4, 0.5) is 0 Å². The minimum absolute atomic E-state index is 0.0347. The Morgan fingerprint density at radius 2 is 2.10 bits per heavy atom. The van der Waals surface area contributed by atoms with Crippen LogP contribution in [0.25, 0.3) is 0 Å². The number of ketones is 1. The summed E-state index contributed by atoms with van der Waals surface area (Å²) in [5, 5.41) is 6.90. The molecular formula is C21H25N3O5. The molecular weight excluding hydrogens is 374 g/mol. The van der Waals surface area contributed by atoms with Crippen molar-refractivity contribution >= 4 is 17.7 Å². The first-order valence-electron chi connectivity index (χ1n) is 9.72. The summed E-state index contributed by atoms with van der Waals surface area (Å²) in [5.74, 6) is -0.238. The molecule has 1 amide bonds. The number of carbonyl (C=O) groups is 3. The van der Waals surface area contributed by atoms with Crippen molar-refractivity contribution in [2.24, 2.45) is 5.92 Å². The van der Waals surface area contributed by atoms with E-state index in [1.165, 1.54) is 6.92 Å². The summed E-state index contributed by atoms with van der Waals surface area (Å²) in [7, 11) is 0. The maximum absolute atomic E-state index is 12.7. The number of amides is 1. The van der Waals surface area contributed by atoms with E-state index in [4.69, 9.17) is 9.47 Å². The number of aromatic nitrogens is 2. The van der Waals surface area contributed by atoms with Gasteiger partial charge < -0.3 is 14.4 Å². The zero-order valence-electron chi connectivity index (χ0n) is 16.6. The Morgan fingerprint density at radius 1 is 1.28 bits per heavy atom. The van der Waals surface area contributed by atoms with Gasteiger partial charge in [0.05, 0.1) is 18.2 Å². The molecule has 1 unspecified atom stereocenters. The molecule has 1 atom stereocenters. The molecule has 0 radical (unpaired) electrons. The number of benzene rings is 1. The van der Waals surface area contributed by atoms with Crippen molar-refractivity contribution < 1.29 is 23.9 Å². The fourth-order valence-electron chi connectivity index (χ4n) is 3.29. The average molecular weight is 399 g/mol. The number of aromatic amines is 1. The first kappa shape index (κ1) is 20.6. The molecule has 1 aromatic carbocycles. The van der Waals surface area contributed by atoms with E-state index < -0.39 is 0 Å². The van der Waals surface area contributed by atoms with Crippen LogP contribution in [0, 0.1) is 5.92 Å². The number of likely N-dealkylation sites (tertiary alicyclic amines) is 1. The number of nitrogens with zero attached hydrogens (tertiary/aromatic N) is 2. The molecule has 1 N–H and O–H groups in total. The summed E-state index contributed by atoms with van der Waals surface area (Å²) >= 11 is 0. The van der Waals surface area contributed by atoms with Gasteiger partial charge in [0.1, 0.15) is 12.4 Å². The van der Waals surface area contributed by atoms with Crippen molar-refractivity contribution in [2.75, 3.05) is 19.7 Å². The highest BCUT2D eigenvalue weighted by Crippen LogP contribution is 2.20. The van der Waals surface area contributed by atoms with Gasteiger partial charge in [0, 0.05) is 18.7 Å². The second kappa shape index (κ2) is 9.36. The number of nitrogens with one attached hydrogen (secondary N) is 1. The highest BCUT2D eigenvalue weighted by Gasteiger charge is 2.30. The van der Waals surface area contributed by atoms with Crippen LogP contribution in [0.15, 0.2) is 30.3 Å². The molecule has 3 rings (SSSR count). The van der Waals surface area contributed by atoms with Gasteiger partial charge in [-0.15, -0.1) is 0 Å². The monoisotopic (exact) mass is 399 g/mol. The number of H-pyrrole nitrogens is 1. The number of carbonyl (C=O) groups excluding carboxylic acids is 3. The number of ether oxygens (including phenoxy) is 2. The van der Waals surface area contributed by atoms with Gasteiger partial charge in [-0.2, -0.15) is 5.10 Å². The van der Waals surface area contributed by atoms with E-state index in [2.05, 4.69) is 10.2 Å². The van der Waals surface area contributed by atoms with Crippen LogP contribution in [-0.4, -0.2) is 52.5 Å². The maximum atomic E-state index is 12.7. The van der Waals surface area contributed by atoms with Crippen LogP contribution >= 0.6 is 0 Å². The molecule has 1 aliphatic heterocycles. The van der Waals surface area contributed by atoms with Crippen molar-refractivity contribution in [3.05, 3.63) is 47.3 Å². The molecule has 29 heavy (non-hydrogen) atoms. The van der Waals surface area contributed by atoms with Gasteiger partial charge >= 0.3 is 5.97 Å². The van der Waals surface area contributed by atoms with E-state index in [9.17, 15) is 14.4 Å². The average Bonchev–Trinajstić information content (AvgIpc) is 3.21. The topological polar surface area (TPSA) is 102 Å². The SMILES string of the molecule is CCOC(=O)C1CCCN(C(=O)c2cc(COc3cccc(C(C)=O)c3)[nH]n2)C1. The van der Waals surface area contributed by atoms with Crippen LogP contribution in [0.3, 0.4) is 0 Å². The van der Waals surface area contributed by atoms with Crippen molar-refractivity contribution in [1.29, 1.82) is 0 Å². The van der Waals surface area contributed by atoms with E-state index in [1.54, 1.807) is 42.2 Å². The number of piperidine rings is 1. The number of rotatable bonds is 7. The molecule has 0 bridgehead atoms. The zero-order valence-corrected chi connectivity index (χ0v) is 16.6. The lowest BCUT2D eigenvalue weighted by Gasteiger charge is -2.31. The Kier molecular flexibility index (Phi) is 6.64. The molecule has 2 heterocycles. The zero-order chi connectivity index (χ0) is 20.8. The number of hydrogen-bond acceptors (Lipinski definition) is 6. The molecule has 8 nitrogen and oxygen atoms in total. The number of hydrogen-bond donors (Lipinski definition) is 1. The van der Waals surface area contributed by atoms with Crippen molar-refractivity contribution in [3.8, 4) is 5.75 Å². The van der Waals surface area contributed by atoms with Crippen LogP contribution in [0.2, 0.25) is 0 Å². The molecule has 0 saturated carbocycles. The summed E-state index contributed by atoms with van der Waals surface area (Å²) < 4.78 is 10.8. The van der Waals surface area contributed by atoms with Gasteiger partial charge in [0.2, 0.25) is 0 Å². The first-order valence-corrected chi connectivity index (χ1v) is 9.72. The van der Waals surface area contributed by atoms with Crippen LogP contribution in [0.1, 0.15) is 53.2 Å².